The van der Waals surface area contributed by atoms with Crippen LogP contribution in [-0.4, -0.2) is 0 Å². The summed E-state index contributed by atoms with van der Waals surface area (Å²) in [6, 6.07) is 0. The fraction of sp³-hybridized carbons (Fsp3) is 0.667. The third-order valence-corrected chi connectivity index (χ3v) is 2.55. The lowest BCUT2D eigenvalue weighted by Gasteiger charge is -2.06. The average molecular weight is 164 g/mol. The Hall–Kier alpha value is -0.520. The highest BCUT2D eigenvalue weighted by atomic mass is 14.1. The van der Waals surface area contributed by atoms with E-state index in [-0.39, 0.29) is 0 Å². The van der Waals surface area contributed by atoms with Crippen LogP contribution in [0.5, 0.6) is 0 Å². The lowest BCUT2D eigenvalue weighted by Crippen LogP contribution is -1.92. The summed E-state index contributed by atoms with van der Waals surface area (Å²) in [5.41, 5.74) is 1.18. The molecule has 68 valence electrons. The number of hydrogen-bond donors (Lipinski definition) is 0. The Morgan fingerprint density at radius 2 is 1.75 bits per heavy atom. The lowest BCUT2D eigenvalue weighted by atomic mass is 9.99. The second-order valence-electron chi connectivity index (χ2n) is 3.96. The molecule has 1 aliphatic carbocycles. The molecule has 12 heavy (non-hydrogen) atoms. The van der Waals surface area contributed by atoms with Crippen LogP contribution in [0.1, 0.15) is 45.4 Å². The smallest absolute Gasteiger partial charge is 0.0230 e. The first kappa shape index (κ1) is 9.57. The van der Waals surface area contributed by atoms with Gasteiger partial charge in [0, 0.05) is 0 Å². The molecule has 0 heteroatoms. The summed E-state index contributed by atoms with van der Waals surface area (Å²) >= 11 is 0. The third-order valence-electron chi connectivity index (χ3n) is 2.55. The van der Waals surface area contributed by atoms with Crippen molar-refractivity contribution in [1.82, 2.24) is 0 Å². The molecule has 0 spiro atoms. The summed E-state index contributed by atoms with van der Waals surface area (Å²) in [6.07, 6.45) is 13.0. The van der Waals surface area contributed by atoms with Crippen LogP contribution in [0, 0.1) is 5.92 Å². The van der Waals surface area contributed by atoms with Crippen LogP contribution in [0.4, 0.5) is 0 Å². The third kappa shape index (κ3) is 3.75. The Morgan fingerprint density at radius 1 is 1.17 bits per heavy atom. The van der Waals surface area contributed by atoms with Crippen molar-refractivity contribution in [1.29, 1.82) is 0 Å². The summed E-state index contributed by atoms with van der Waals surface area (Å²) in [5, 5.41) is 0. The van der Waals surface area contributed by atoms with Gasteiger partial charge in [0.2, 0.25) is 0 Å². The molecule has 0 N–H and O–H groups in total. The second kappa shape index (κ2) is 5.18. The van der Waals surface area contributed by atoms with Crippen LogP contribution in [0.25, 0.3) is 0 Å². The molecule has 0 amide bonds. The van der Waals surface area contributed by atoms with Gasteiger partial charge in [-0.25, -0.2) is 0 Å². The summed E-state index contributed by atoms with van der Waals surface area (Å²) in [6.45, 7) is 5.94. The van der Waals surface area contributed by atoms with Crippen molar-refractivity contribution in [3.8, 4) is 0 Å². The minimum atomic E-state index is 0.837. The van der Waals surface area contributed by atoms with E-state index in [1.165, 1.54) is 44.1 Å². The van der Waals surface area contributed by atoms with Crippen molar-refractivity contribution < 1.29 is 0 Å². The first-order valence-electron chi connectivity index (χ1n) is 5.13. The molecule has 1 rings (SSSR count). The van der Waals surface area contributed by atoms with Gasteiger partial charge in [-0.05, 0) is 25.7 Å². The topological polar surface area (TPSA) is 0 Å². The molecular formula is C12H20. The quantitative estimate of drug-likeness (QED) is 0.426. The molecule has 0 atom stereocenters. The van der Waals surface area contributed by atoms with Crippen LogP contribution in [0.2, 0.25) is 0 Å². The first-order chi connectivity index (χ1) is 5.79. The molecule has 0 nitrogen and oxygen atoms in total. The number of rotatable bonds is 2. The molecule has 0 saturated heterocycles. The Balaban J connectivity index is 2.34. The van der Waals surface area contributed by atoms with Crippen molar-refractivity contribution in [2.75, 3.05) is 0 Å². The number of hydrogen-bond acceptors (Lipinski definition) is 0. The standard InChI is InChI=1S/C12H20/c1-11(2)9-10-12-7-5-3-4-6-8-12/h9-10,12H,1,3-8H2,2H3. The van der Waals surface area contributed by atoms with Crippen molar-refractivity contribution in [2.24, 2.45) is 5.92 Å². The van der Waals surface area contributed by atoms with Gasteiger partial charge in [-0.2, -0.15) is 0 Å². The molecule has 0 unspecified atom stereocenters. The summed E-state index contributed by atoms with van der Waals surface area (Å²) < 4.78 is 0. The molecule has 1 saturated carbocycles. The van der Waals surface area contributed by atoms with Gasteiger partial charge in [0.1, 0.15) is 0 Å². The van der Waals surface area contributed by atoms with E-state index < -0.39 is 0 Å². The van der Waals surface area contributed by atoms with E-state index in [9.17, 15) is 0 Å². The van der Waals surface area contributed by atoms with Crippen molar-refractivity contribution in [2.45, 2.75) is 45.4 Å². The highest BCUT2D eigenvalue weighted by Gasteiger charge is 2.07. The van der Waals surface area contributed by atoms with Crippen molar-refractivity contribution in [3.05, 3.63) is 24.3 Å². The fourth-order valence-corrected chi connectivity index (χ4v) is 1.80. The van der Waals surface area contributed by atoms with E-state index in [1.807, 2.05) is 0 Å². The number of allylic oxidation sites excluding steroid dienone is 3. The van der Waals surface area contributed by atoms with Gasteiger partial charge in [-0.1, -0.05) is 50.0 Å². The van der Waals surface area contributed by atoms with Gasteiger partial charge in [0.25, 0.3) is 0 Å². The van der Waals surface area contributed by atoms with E-state index in [0.29, 0.717) is 0 Å². The van der Waals surface area contributed by atoms with E-state index in [4.69, 9.17) is 0 Å². The maximum atomic E-state index is 3.88. The zero-order valence-electron chi connectivity index (χ0n) is 8.18. The highest BCUT2D eigenvalue weighted by molar-refractivity contribution is 5.12. The highest BCUT2D eigenvalue weighted by Crippen LogP contribution is 2.23. The molecular weight excluding hydrogens is 144 g/mol. The van der Waals surface area contributed by atoms with Crippen LogP contribution in [0.15, 0.2) is 24.3 Å². The molecule has 0 aromatic rings. The first-order valence-corrected chi connectivity index (χ1v) is 5.13. The van der Waals surface area contributed by atoms with Gasteiger partial charge in [-0.15, -0.1) is 0 Å². The maximum absolute atomic E-state index is 3.88. The summed E-state index contributed by atoms with van der Waals surface area (Å²) in [5.74, 6) is 0.837. The molecule has 1 aliphatic rings. The van der Waals surface area contributed by atoms with E-state index in [0.717, 1.165) is 5.92 Å². The van der Waals surface area contributed by atoms with Crippen molar-refractivity contribution >= 4 is 0 Å². The molecule has 0 aromatic carbocycles. The zero-order valence-corrected chi connectivity index (χ0v) is 8.18. The Morgan fingerprint density at radius 3 is 2.25 bits per heavy atom. The van der Waals surface area contributed by atoms with Crippen LogP contribution in [-0.2, 0) is 0 Å². The van der Waals surface area contributed by atoms with Crippen LogP contribution in [0.3, 0.4) is 0 Å². The predicted molar refractivity (Wildman–Crippen MR) is 55.1 cm³/mol. The lowest BCUT2D eigenvalue weighted by molar-refractivity contribution is 0.559. The fourth-order valence-electron chi connectivity index (χ4n) is 1.80. The van der Waals surface area contributed by atoms with E-state index >= 15 is 0 Å². The summed E-state index contributed by atoms with van der Waals surface area (Å²) in [7, 11) is 0. The minimum Gasteiger partial charge on any atom is -0.0961 e. The normalized spacial score (nSPS) is 21.1. The van der Waals surface area contributed by atoms with Crippen LogP contribution >= 0.6 is 0 Å². The molecule has 0 radical (unpaired) electrons. The molecule has 0 aromatic heterocycles. The summed E-state index contributed by atoms with van der Waals surface area (Å²) in [4.78, 5) is 0. The molecule has 1 fully saturated rings. The van der Waals surface area contributed by atoms with Gasteiger partial charge in [0.05, 0.1) is 0 Å². The Labute approximate surface area is 76.4 Å². The predicted octanol–water partition coefficient (Wildman–Crippen LogP) is 4.09. The molecule has 0 bridgehead atoms. The Bertz CT molecular complexity index is 157. The molecule has 0 aliphatic heterocycles. The van der Waals surface area contributed by atoms with E-state index in [1.54, 1.807) is 0 Å². The SMILES string of the molecule is C=C(C)C=CC1CCCCCC1. The zero-order chi connectivity index (χ0) is 8.81. The largest absolute Gasteiger partial charge is 0.0961 e. The average Bonchev–Trinajstić information content (AvgIpc) is 2.28. The van der Waals surface area contributed by atoms with Crippen molar-refractivity contribution in [3.63, 3.8) is 0 Å². The van der Waals surface area contributed by atoms with Gasteiger partial charge < -0.3 is 0 Å². The minimum absolute atomic E-state index is 0.837. The van der Waals surface area contributed by atoms with E-state index in [2.05, 4.69) is 25.7 Å². The molecule has 0 heterocycles. The second-order valence-corrected chi connectivity index (χ2v) is 3.96. The van der Waals surface area contributed by atoms with Gasteiger partial charge in [-0.3, -0.25) is 0 Å². The van der Waals surface area contributed by atoms with Crippen LogP contribution < -0.4 is 0 Å². The monoisotopic (exact) mass is 164 g/mol. The van der Waals surface area contributed by atoms with Gasteiger partial charge >= 0.3 is 0 Å². The van der Waals surface area contributed by atoms with Gasteiger partial charge in [0.15, 0.2) is 0 Å². The maximum Gasteiger partial charge on any atom is -0.0230 e. The Kier molecular flexibility index (Phi) is 4.13.